The van der Waals surface area contributed by atoms with Crippen LogP contribution in [0, 0.1) is 10.1 Å². The molecular formula is C11H10N2O3. The van der Waals surface area contributed by atoms with Crippen molar-refractivity contribution in [1.29, 1.82) is 0 Å². The summed E-state index contributed by atoms with van der Waals surface area (Å²) >= 11 is 0. The van der Waals surface area contributed by atoms with Gasteiger partial charge in [0.15, 0.2) is 5.52 Å². The van der Waals surface area contributed by atoms with Gasteiger partial charge < -0.3 is 4.74 Å². The van der Waals surface area contributed by atoms with Gasteiger partial charge in [0, 0.05) is 17.6 Å². The Morgan fingerprint density at radius 1 is 1.44 bits per heavy atom. The first-order valence-electron chi connectivity index (χ1n) is 4.89. The molecule has 5 nitrogen and oxygen atoms in total. The Hall–Kier alpha value is -2.17. The second-order valence-corrected chi connectivity index (χ2v) is 3.17. The average molecular weight is 218 g/mol. The van der Waals surface area contributed by atoms with Gasteiger partial charge in [-0.2, -0.15) is 0 Å². The Kier molecular flexibility index (Phi) is 2.68. The van der Waals surface area contributed by atoms with Crippen LogP contribution in [0.3, 0.4) is 0 Å². The van der Waals surface area contributed by atoms with E-state index in [0.717, 1.165) is 0 Å². The first-order chi connectivity index (χ1) is 7.74. The summed E-state index contributed by atoms with van der Waals surface area (Å²) in [6.07, 6.45) is 1.53. The molecule has 0 saturated heterocycles. The molecule has 0 atom stereocenters. The first kappa shape index (κ1) is 10.4. The maximum absolute atomic E-state index is 10.8. The van der Waals surface area contributed by atoms with E-state index in [-0.39, 0.29) is 5.69 Å². The summed E-state index contributed by atoms with van der Waals surface area (Å²) in [6.45, 7) is 2.38. The van der Waals surface area contributed by atoms with Gasteiger partial charge in [-0.3, -0.25) is 10.1 Å². The van der Waals surface area contributed by atoms with E-state index in [1.165, 1.54) is 12.3 Å². The number of aromatic nitrogens is 1. The molecule has 2 rings (SSSR count). The van der Waals surface area contributed by atoms with E-state index < -0.39 is 4.92 Å². The second-order valence-electron chi connectivity index (χ2n) is 3.17. The summed E-state index contributed by atoms with van der Waals surface area (Å²) in [5.41, 5.74) is 0.359. The number of rotatable bonds is 3. The highest BCUT2D eigenvalue weighted by Crippen LogP contribution is 2.30. The van der Waals surface area contributed by atoms with Crippen molar-refractivity contribution in [1.82, 2.24) is 4.98 Å². The molecule has 0 N–H and O–H groups in total. The predicted octanol–water partition coefficient (Wildman–Crippen LogP) is 2.54. The minimum atomic E-state index is -0.439. The number of benzene rings is 1. The Labute approximate surface area is 91.8 Å². The van der Waals surface area contributed by atoms with Crippen LogP contribution in [-0.4, -0.2) is 16.5 Å². The average Bonchev–Trinajstić information content (AvgIpc) is 2.29. The summed E-state index contributed by atoms with van der Waals surface area (Å²) in [4.78, 5) is 14.4. The van der Waals surface area contributed by atoms with E-state index in [1.54, 1.807) is 18.2 Å². The lowest BCUT2D eigenvalue weighted by Gasteiger charge is -2.06. The topological polar surface area (TPSA) is 65.3 Å². The molecule has 5 heteroatoms. The van der Waals surface area contributed by atoms with E-state index in [2.05, 4.69) is 4.98 Å². The highest BCUT2D eigenvalue weighted by atomic mass is 16.6. The highest BCUT2D eigenvalue weighted by molar-refractivity contribution is 5.91. The largest absolute Gasteiger partial charge is 0.493 e. The van der Waals surface area contributed by atoms with E-state index in [9.17, 15) is 10.1 Å². The quantitative estimate of drug-likeness (QED) is 0.586. The number of nitro groups is 1. The normalized spacial score (nSPS) is 10.3. The molecular weight excluding hydrogens is 208 g/mol. The van der Waals surface area contributed by atoms with Crippen molar-refractivity contribution in [3.63, 3.8) is 0 Å². The SMILES string of the molecule is CCOc1ccc([N+](=O)[O-])c2ncccc12. The molecule has 1 heterocycles. The van der Waals surface area contributed by atoms with Crippen molar-refractivity contribution in [2.24, 2.45) is 0 Å². The molecule has 0 aliphatic rings. The van der Waals surface area contributed by atoms with E-state index in [0.29, 0.717) is 23.3 Å². The van der Waals surface area contributed by atoms with E-state index in [1.807, 2.05) is 6.92 Å². The van der Waals surface area contributed by atoms with Gasteiger partial charge in [-0.1, -0.05) is 0 Å². The van der Waals surface area contributed by atoms with Gasteiger partial charge >= 0.3 is 0 Å². The minimum absolute atomic E-state index is 0.000877. The molecule has 0 saturated carbocycles. The van der Waals surface area contributed by atoms with Gasteiger partial charge in [0.2, 0.25) is 0 Å². The van der Waals surface area contributed by atoms with Gasteiger partial charge in [0.1, 0.15) is 5.75 Å². The van der Waals surface area contributed by atoms with Gasteiger partial charge in [-0.15, -0.1) is 0 Å². The standard InChI is InChI=1S/C11H10N2O3/c1-2-16-10-6-5-9(13(14)15)11-8(10)4-3-7-12-11/h3-7H,2H2,1H3. The number of fused-ring (bicyclic) bond motifs is 1. The van der Waals surface area contributed by atoms with E-state index in [4.69, 9.17) is 4.74 Å². The fraction of sp³-hybridized carbons (Fsp3) is 0.182. The number of hydrogen-bond acceptors (Lipinski definition) is 4. The second kappa shape index (κ2) is 4.14. The molecule has 0 bridgehead atoms. The van der Waals surface area contributed by atoms with Crippen LogP contribution in [-0.2, 0) is 0 Å². The van der Waals surface area contributed by atoms with Crippen molar-refractivity contribution < 1.29 is 9.66 Å². The van der Waals surface area contributed by atoms with Crippen LogP contribution in [0.25, 0.3) is 10.9 Å². The van der Waals surface area contributed by atoms with Crippen LogP contribution < -0.4 is 4.74 Å². The van der Waals surface area contributed by atoms with Gasteiger partial charge in [-0.05, 0) is 25.1 Å². The maximum Gasteiger partial charge on any atom is 0.295 e. The Balaban J connectivity index is 2.71. The molecule has 1 aromatic carbocycles. The summed E-state index contributed by atoms with van der Waals surface area (Å²) in [7, 11) is 0. The van der Waals surface area contributed by atoms with Crippen molar-refractivity contribution in [2.75, 3.05) is 6.61 Å². The minimum Gasteiger partial charge on any atom is -0.493 e. The van der Waals surface area contributed by atoms with Gasteiger partial charge in [-0.25, -0.2) is 4.98 Å². The zero-order valence-electron chi connectivity index (χ0n) is 8.71. The van der Waals surface area contributed by atoms with Crippen molar-refractivity contribution in [2.45, 2.75) is 6.92 Å². The molecule has 16 heavy (non-hydrogen) atoms. The van der Waals surface area contributed by atoms with Crippen LogP contribution in [0.5, 0.6) is 5.75 Å². The third-order valence-electron chi connectivity index (χ3n) is 2.20. The lowest BCUT2D eigenvalue weighted by atomic mass is 10.2. The molecule has 0 spiro atoms. The van der Waals surface area contributed by atoms with Gasteiger partial charge in [0.05, 0.1) is 11.5 Å². The van der Waals surface area contributed by atoms with Crippen molar-refractivity contribution >= 4 is 16.6 Å². The molecule has 0 unspecified atom stereocenters. The maximum atomic E-state index is 10.8. The lowest BCUT2D eigenvalue weighted by molar-refractivity contribution is -0.383. The number of nitro benzene ring substituents is 1. The molecule has 0 fully saturated rings. The molecule has 82 valence electrons. The molecule has 2 aromatic rings. The van der Waals surface area contributed by atoms with Crippen LogP contribution >= 0.6 is 0 Å². The first-order valence-corrected chi connectivity index (χ1v) is 4.89. The lowest BCUT2D eigenvalue weighted by Crippen LogP contribution is -1.96. The van der Waals surface area contributed by atoms with Crippen LogP contribution in [0.1, 0.15) is 6.92 Å². The smallest absolute Gasteiger partial charge is 0.295 e. The molecule has 0 amide bonds. The van der Waals surface area contributed by atoms with Crippen LogP contribution in [0.15, 0.2) is 30.5 Å². The third kappa shape index (κ3) is 1.67. The molecule has 0 aliphatic carbocycles. The third-order valence-corrected chi connectivity index (χ3v) is 2.20. The Morgan fingerprint density at radius 2 is 2.25 bits per heavy atom. The van der Waals surface area contributed by atoms with Crippen LogP contribution in [0.4, 0.5) is 5.69 Å². The monoisotopic (exact) mass is 218 g/mol. The zero-order chi connectivity index (χ0) is 11.5. The number of nitrogens with zero attached hydrogens (tertiary/aromatic N) is 2. The summed E-state index contributed by atoms with van der Waals surface area (Å²) in [5.74, 6) is 0.621. The molecule has 0 radical (unpaired) electrons. The number of hydrogen-bond donors (Lipinski definition) is 0. The molecule has 0 aliphatic heterocycles. The molecule has 1 aromatic heterocycles. The number of pyridine rings is 1. The van der Waals surface area contributed by atoms with Crippen LogP contribution in [0.2, 0.25) is 0 Å². The fourth-order valence-corrected chi connectivity index (χ4v) is 1.56. The van der Waals surface area contributed by atoms with Crippen molar-refractivity contribution in [3.05, 3.63) is 40.6 Å². The summed E-state index contributed by atoms with van der Waals surface area (Å²) < 4.78 is 5.39. The summed E-state index contributed by atoms with van der Waals surface area (Å²) in [5, 5.41) is 11.5. The van der Waals surface area contributed by atoms with E-state index >= 15 is 0 Å². The van der Waals surface area contributed by atoms with Crippen molar-refractivity contribution in [3.8, 4) is 5.75 Å². The zero-order valence-corrected chi connectivity index (χ0v) is 8.71. The predicted molar refractivity (Wildman–Crippen MR) is 59.6 cm³/mol. The summed E-state index contributed by atoms with van der Waals surface area (Å²) in [6, 6.07) is 6.51. The Morgan fingerprint density at radius 3 is 2.94 bits per heavy atom. The van der Waals surface area contributed by atoms with Gasteiger partial charge in [0.25, 0.3) is 5.69 Å². The number of ether oxygens (including phenoxy) is 1. The number of non-ortho nitro benzene ring substituents is 1. The fourth-order valence-electron chi connectivity index (χ4n) is 1.56. The highest BCUT2D eigenvalue weighted by Gasteiger charge is 2.15. The Bertz CT molecular complexity index is 540.